The normalized spacial score (nSPS) is 14.3. The zero-order valence-electron chi connectivity index (χ0n) is 25.0. The van der Waals surface area contributed by atoms with Gasteiger partial charge in [-0.1, -0.05) is 42.5 Å². The van der Waals surface area contributed by atoms with E-state index in [4.69, 9.17) is 0 Å². The molecule has 3 aromatic carbocycles. The van der Waals surface area contributed by atoms with E-state index in [1.165, 1.54) is 36.4 Å². The zero-order chi connectivity index (χ0) is 34.7. The van der Waals surface area contributed by atoms with Crippen LogP contribution in [0.1, 0.15) is 43.0 Å². The Labute approximate surface area is 272 Å². The average molecular weight is 711 g/mol. The van der Waals surface area contributed by atoms with Gasteiger partial charge < -0.3 is 17.7 Å². The number of sulfone groups is 1. The molecule has 47 heavy (non-hydrogen) atoms. The van der Waals surface area contributed by atoms with Gasteiger partial charge in [-0.05, 0) is 60.4 Å². The number of nitrogens with zero attached hydrogens (tertiary/aromatic N) is 1. The predicted octanol–water partition coefficient (Wildman–Crippen LogP) is 3.87. The van der Waals surface area contributed by atoms with Gasteiger partial charge in [-0.25, -0.2) is 17.2 Å². The minimum absolute atomic E-state index is 0. The topological polar surface area (TPSA) is 99.1 Å². The SMILES string of the molecule is CC(C)(F)C[C@H](N[C@@H](c1ccc(-c2ccc(S(C)(=O)=O)cc2)cc1)C(F)(F)F)C(=O)N[C@H](C#N)Cc1ccc(C(F)(F)F)cc1F.[Cl-]. The summed E-state index contributed by atoms with van der Waals surface area (Å²) in [7, 11) is -3.47. The standard InChI is InChI=1S/C31H29F8N3O3S.ClH/c1-29(2,33)16-26(28(43)41-23(17-40)14-21-8-11-22(15-25(21)32)30(34,35)36)42-27(31(37,38)39)20-6-4-18(5-7-20)19-9-12-24(13-10-19)46(3,44)45;/h4-13,15,23,26-27,42H,14,16H2,1-3H3,(H,41,43);1H/p-1/t23-,26-,27-;/m0./s1. The van der Waals surface area contributed by atoms with Gasteiger partial charge in [-0.3, -0.25) is 10.1 Å². The molecule has 3 atom stereocenters. The summed E-state index contributed by atoms with van der Waals surface area (Å²) in [5.74, 6) is -2.53. The first-order chi connectivity index (χ1) is 21.1. The van der Waals surface area contributed by atoms with Crippen LogP contribution in [0.5, 0.6) is 0 Å². The minimum atomic E-state index is -4.99. The van der Waals surface area contributed by atoms with Crippen molar-refractivity contribution in [1.29, 1.82) is 5.26 Å². The van der Waals surface area contributed by atoms with Gasteiger partial charge in [0.05, 0.1) is 22.6 Å². The number of amides is 1. The smallest absolute Gasteiger partial charge is 0.416 e. The number of nitrogens with one attached hydrogen (secondary N) is 2. The molecular weight excluding hydrogens is 682 g/mol. The first kappa shape index (κ1) is 39.4. The molecule has 0 saturated heterocycles. The number of nitriles is 1. The number of alkyl halides is 7. The number of carbonyl (C=O) groups is 1. The highest BCUT2D eigenvalue weighted by Gasteiger charge is 2.44. The van der Waals surface area contributed by atoms with Crippen LogP contribution in [0.15, 0.2) is 71.6 Å². The Kier molecular flexibility index (Phi) is 12.6. The van der Waals surface area contributed by atoms with Crippen LogP contribution in [0.25, 0.3) is 11.1 Å². The molecule has 0 saturated carbocycles. The second-order valence-corrected chi connectivity index (χ2v) is 13.2. The van der Waals surface area contributed by atoms with Crippen molar-refractivity contribution in [2.75, 3.05) is 6.26 Å². The van der Waals surface area contributed by atoms with E-state index in [-0.39, 0.29) is 34.5 Å². The Balaban J connectivity index is 0.00000768. The zero-order valence-corrected chi connectivity index (χ0v) is 26.6. The van der Waals surface area contributed by atoms with E-state index in [1.54, 1.807) is 6.07 Å². The van der Waals surface area contributed by atoms with Crippen LogP contribution < -0.4 is 23.0 Å². The molecule has 0 heterocycles. The first-order valence-corrected chi connectivity index (χ1v) is 15.5. The number of carbonyl (C=O) groups excluding carboxylic acids is 1. The fourth-order valence-corrected chi connectivity index (χ4v) is 5.20. The molecule has 0 aliphatic carbocycles. The maximum Gasteiger partial charge on any atom is 0.416 e. The highest BCUT2D eigenvalue weighted by atomic mass is 35.5. The van der Waals surface area contributed by atoms with E-state index in [0.717, 1.165) is 38.3 Å². The highest BCUT2D eigenvalue weighted by Crippen LogP contribution is 2.35. The lowest BCUT2D eigenvalue weighted by Crippen LogP contribution is -3.00. The van der Waals surface area contributed by atoms with E-state index < -0.39 is 76.1 Å². The lowest BCUT2D eigenvalue weighted by Gasteiger charge is -2.30. The fourth-order valence-electron chi connectivity index (χ4n) is 4.57. The van der Waals surface area contributed by atoms with Gasteiger partial charge in [0.1, 0.15) is 23.6 Å². The van der Waals surface area contributed by atoms with E-state index in [9.17, 15) is 53.6 Å². The Bertz CT molecular complexity index is 1680. The van der Waals surface area contributed by atoms with Gasteiger partial charge in [0.2, 0.25) is 5.91 Å². The van der Waals surface area contributed by atoms with Crippen molar-refractivity contribution < 1.29 is 60.7 Å². The Morgan fingerprint density at radius 3 is 1.85 bits per heavy atom. The lowest BCUT2D eigenvalue weighted by atomic mass is 9.96. The lowest BCUT2D eigenvalue weighted by molar-refractivity contribution is -0.161. The number of halogens is 9. The van der Waals surface area contributed by atoms with Gasteiger partial charge in [0.15, 0.2) is 9.84 Å². The highest BCUT2D eigenvalue weighted by molar-refractivity contribution is 7.90. The van der Waals surface area contributed by atoms with Gasteiger partial charge >= 0.3 is 12.4 Å². The number of benzene rings is 3. The second-order valence-electron chi connectivity index (χ2n) is 11.2. The molecule has 0 fully saturated rings. The monoisotopic (exact) mass is 710 g/mol. The molecule has 3 aromatic rings. The van der Waals surface area contributed by atoms with Gasteiger partial charge in [-0.2, -0.15) is 31.6 Å². The largest absolute Gasteiger partial charge is 1.00 e. The van der Waals surface area contributed by atoms with Crippen molar-refractivity contribution in [2.24, 2.45) is 0 Å². The van der Waals surface area contributed by atoms with Crippen molar-refractivity contribution in [3.05, 3.63) is 89.2 Å². The molecule has 6 nitrogen and oxygen atoms in total. The Hall–Kier alpha value is -3.74. The average Bonchev–Trinajstić information content (AvgIpc) is 2.93. The quantitative estimate of drug-likeness (QED) is 0.295. The molecule has 0 radical (unpaired) electrons. The summed E-state index contributed by atoms with van der Waals surface area (Å²) in [5, 5.41) is 13.8. The molecule has 1 amide bonds. The molecule has 16 heteroatoms. The fraction of sp³-hybridized carbons (Fsp3) is 0.355. The predicted molar refractivity (Wildman–Crippen MR) is 153 cm³/mol. The maximum atomic E-state index is 14.7. The van der Waals surface area contributed by atoms with Crippen molar-refractivity contribution in [3.8, 4) is 17.2 Å². The van der Waals surface area contributed by atoms with E-state index >= 15 is 0 Å². The van der Waals surface area contributed by atoms with Crippen LogP contribution in [0, 0.1) is 17.1 Å². The molecule has 0 spiro atoms. The summed E-state index contributed by atoms with van der Waals surface area (Å²) < 4.78 is 134. The number of rotatable bonds is 11. The van der Waals surface area contributed by atoms with Crippen molar-refractivity contribution in [2.45, 2.75) is 67.7 Å². The third-order valence-corrected chi connectivity index (χ3v) is 7.97. The summed E-state index contributed by atoms with van der Waals surface area (Å²) >= 11 is 0. The summed E-state index contributed by atoms with van der Waals surface area (Å²) in [6.45, 7) is 2.06. The summed E-state index contributed by atoms with van der Waals surface area (Å²) in [6.07, 6.45) is -10.2. The summed E-state index contributed by atoms with van der Waals surface area (Å²) in [4.78, 5) is 13.2. The second kappa shape index (κ2) is 15.0. The van der Waals surface area contributed by atoms with Gasteiger partial charge in [-0.15, -0.1) is 0 Å². The number of hydrogen-bond acceptors (Lipinski definition) is 5. The molecule has 0 aliphatic rings. The molecule has 256 valence electrons. The number of hydrogen-bond donors (Lipinski definition) is 2. The van der Waals surface area contributed by atoms with E-state index in [2.05, 4.69) is 10.6 Å². The molecule has 0 unspecified atom stereocenters. The third kappa shape index (κ3) is 11.2. The molecule has 2 N–H and O–H groups in total. The maximum absolute atomic E-state index is 14.7. The third-order valence-electron chi connectivity index (χ3n) is 6.84. The van der Waals surface area contributed by atoms with Gasteiger partial charge in [0, 0.05) is 19.1 Å². The molecule has 0 aromatic heterocycles. The first-order valence-electron chi connectivity index (χ1n) is 13.6. The Morgan fingerprint density at radius 2 is 1.43 bits per heavy atom. The molecule has 3 rings (SSSR count). The van der Waals surface area contributed by atoms with Crippen molar-refractivity contribution >= 4 is 15.7 Å². The molecular formula is C31H29ClF8N3O3S-. The van der Waals surface area contributed by atoms with Crippen LogP contribution in [-0.4, -0.2) is 44.5 Å². The summed E-state index contributed by atoms with van der Waals surface area (Å²) in [6, 6.07) is 7.89. The Morgan fingerprint density at radius 1 is 0.894 bits per heavy atom. The summed E-state index contributed by atoms with van der Waals surface area (Å²) in [5.41, 5.74) is -3.20. The van der Waals surface area contributed by atoms with E-state index in [1.807, 2.05) is 0 Å². The van der Waals surface area contributed by atoms with Crippen LogP contribution in [0.2, 0.25) is 0 Å². The van der Waals surface area contributed by atoms with E-state index in [0.29, 0.717) is 17.2 Å². The molecule has 0 aliphatic heterocycles. The van der Waals surface area contributed by atoms with Gasteiger partial charge in [0.25, 0.3) is 0 Å². The minimum Gasteiger partial charge on any atom is -1.00 e. The van der Waals surface area contributed by atoms with Crippen LogP contribution in [0.4, 0.5) is 35.1 Å². The van der Waals surface area contributed by atoms with Crippen LogP contribution >= 0.6 is 0 Å². The molecule has 0 bridgehead atoms. The van der Waals surface area contributed by atoms with Crippen LogP contribution in [0.3, 0.4) is 0 Å². The van der Waals surface area contributed by atoms with Crippen molar-refractivity contribution in [1.82, 2.24) is 10.6 Å². The van der Waals surface area contributed by atoms with Crippen molar-refractivity contribution in [3.63, 3.8) is 0 Å². The van der Waals surface area contributed by atoms with Crippen LogP contribution in [-0.2, 0) is 27.2 Å².